The lowest BCUT2D eigenvalue weighted by Crippen LogP contribution is -2.05. The Labute approximate surface area is 197 Å². The molecule has 1 aliphatic rings. The third-order valence-electron chi connectivity index (χ3n) is 5.40. The van der Waals surface area contributed by atoms with Gasteiger partial charge in [0, 0.05) is 23.0 Å². The van der Waals surface area contributed by atoms with Crippen LogP contribution >= 0.6 is 23.2 Å². The number of halogens is 2. The summed E-state index contributed by atoms with van der Waals surface area (Å²) >= 11 is 12.7. The van der Waals surface area contributed by atoms with E-state index in [9.17, 15) is 4.79 Å². The predicted molar refractivity (Wildman–Crippen MR) is 128 cm³/mol. The van der Waals surface area contributed by atoms with Crippen LogP contribution in [0.3, 0.4) is 0 Å². The van der Waals surface area contributed by atoms with E-state index in [0.29, 0.717) is 28.8 Å². The third-order valence-corrected chi connectivity index (χ3v) is 5.97. The average molecular weight is 468 g/mol. The highest BCUT2D eigenvalue weighted by atomic mass is 35.5. The number of nitrogens with zero attached hydrogens (tertiary/aromatic N) is 1. The number of hydrogen-bond acceptors (Lipinski definition) is 4. The molecule has 0 saturated heterocycles. The summed E-state index contributed by atoms with van der Waals surface area (Å²) in [5.41, 5.74) is 5.54. The Bertz CT molecular complexity index is 1160. The van der Waals surface area contributed by atoms with Crippen LogP contribution in [0.1, 0.15) is 53.2 Å². The molecule has 1 aromatic heterocycles. The molecule has 0 N–H and O–H groups in total. The second-order valence-electron chi connectivity index (χ2n) is 7.52. The molecule has 3 aromatic rings. The molecule has 0 radical (unpaired) electrons. The molecule has 164 valence electrons. The van der Waals surface area contributed by atoms with E-state index in [2.05, 4.69) is 4.98 Å². The minimum Gasteiger partial charge on any atom is -0.488 e. The minimum atomic E-state index is -0.369. The van der Waals surface area contributed by atoms with E-state index >= 15 is 0 Å². The van der Waals surface area contributed by atoms with E-state index in [1.54, 1.807) is 13.1 Å². The van der Waals surface area contributed by atoms with E-state index < -0.39 is 0 Å². The Hall–Kier alpha value is -2.82. The molecule has 2 aromatic carbocycles. The molecule has 0 saturated carbocycles. The number of pyridine rings is 1. The van der Waals surface area contributed by atoms with Gasteiger partial charge in [0.05, 0.1) is 17.2 Å². The first-order chi connectivity index (χ1) is 15.6. The summed E-state index contributed by atoms with van der Waals surface area (Å²) in [7, 11) is 0. The van der Waals surface area contributed by atoms with Gasteiger partial charge in [-0.15, -0.1) is 0 Å². The van der Waals surface area contributed by atoms with Crippen molar-refractivity contribution in [2.75, 3.05) is 6.61 Å². The molecule has 1 aliphatic carbocycles. The van der Waals surface area contributed by atoms with Gasteiger partial charge < -0.3 is 9.47 Å². The van der Waals surface area contributed by atoms with Gasteiger partial charge in [0.1, 0.15) is 12.4 Å². The van der Waals surface area contributed by atoms with Gasteiger partial charge in [-0.2, -0.15) is 0 Å². The van der Waals surface area contributed by atoms with Crippen molar-refractivity contribution in [1.29, 1.82) is 0 Å². The molecule has 0 aliphatic heterocycles. The SMILES string of the molecule is CCOC(=O)c1cncc(C2=C(c3c(Cl)cccc3OCc3ccc(Cl)cc3)CCC2)c1. The van der Waals surface area contributed by atoms with Crippen molar-refractivity contribution in [3.63, 3.8) is 0 Å². The van der Waals surface area contributed by atoms with Gasteiger partial charge >= 0.3 is 5.97 Å². The maximum Gasteiger partial charge on any atom is 0.339 e. The summed E-state index contributed by atoms with van der Waals surface area (Å²) in [4.78, 5) is 16.5. The van der Waals surface area contributed by atoms with E-state index in [0.717, 1.165) is 52.8 Å². The molecule has 0 atom stereocenters. The lowest BCUT2D eigenvalue weighted by molar-refractivity contribution is 0.0526. The van der Waals surface area contributed by atoms with E-state index in [4.69, 9.17) is 32.7 Å². The summed E-state index contributed by atoms with van der Waals surface area (Å²) in [6, 6.07) is 15.1. The Balaban J connectivity index is 1.69. The summed E-state index contributed by atoms with van der Waals surface area (Å²) in [5.74, 6) is 0.364. The highest BCUT2D eigenvalue weighted by molar-refractivity contribution is 6.33. The first-order valence-electron chi connectivity index (χ1n) is 10.6. The van der Waals surface area contributed by atoms with Crippen LogP contribution in [0.2, 0.25) is 10.0 Å². The summed E-state index contributed by atoms with van der Waals surface area (Å²) in [5, 5.41) is 1.33. The van der Waals surface area contributed by atoms with Gasteiger partial charge in [-0.3, -0.25) is 4.98 Å². The van der Waals surface area contributed by atoms with Crippen molar-refractivity contribution in [3.05, 3.63) is 93.2 Å². The van der Waals surface area contributed by atoms with Crippen LogP contribution in [-0.2, 0) is 11.3 Å². The number of aromatic nitrogens is 1. The van der Waals surface area contributed by atoms with Gasteiger partial charge in [0.25, 0.3) is 0 Å². The third kappa shape index (κ3) is 4.98. The monoisotopic (exact) mass is 467 g/mol. The number of benzene rings is 2. The number of esters is 1. The Morgan fingerprint density at radius 1 is 1.03 bits per heavy atom. The predicted octanol–water partition coefficient (Wildman–Crippen LogP) is 7.24. The van der Waals surface area contributed by atoms with Gasteiger partial charge in [-0.25, -0.2) is 4.79 Å². The van der Waals surface area contributed by atoms with Crippen LogP contribution in [0, 0.1) is 0 Å². The van der Waals surface area contributed by atoms with Crippen molar-refractivity contribution in [1.82, 2.24) is 4.98 Å². The Morgan fingerprint density at radius 2 is 1.81 bits per heavy atom. The highest BCUT2D eigenvalue weighted by Crippen LogP contribution is 2.45. The standard InChI is InChI=1S/C26H23Cl2NO3/c1-2-31-26(30)19-13-18(14-29-15-19)21-5-3-6-22(21)25-23(28)7-4-8-24(25)32-16-17-9-11-20(27)12-10-17/h4,7-15H,2-3,5-6,16H2,1H3. The molecule has 0 amide bonds. The topological polar surface area (TPSA) is 48.4 Å². The lowest BCUT2D eigenvalue weighted by Gasteiger charge is -2.16. The summed E-state index contributed by atoms with van der Waals surface area (Å²) in [6.45, 7) is 2.52. The molecule has 0 fully saturated rings. The molecule has 0 bridgehead atoms. The zero-order valence-electron chi connectivity index (χ0n) is 17.7. The van der Waals surface area contributed by atoms with Crippen molar-refractivity contribution in [2.24, 2.45) is 0 Å². The molecular weight excluding hydrogens is 445 g/mol. The highest BCUT2D eigenvalue weighted by Gasteiger charge is 2.23. The maximum absolute atomic E-state index is 12.2. The Morgan fingerprint density at radius 3 is 2.59 bits per heavy atom. The first kappa shape index (κ1) is 22.4. The maximum atomic E-state index is 12.2. The molecule has 4 nitrogen and oxygen atoms in total. The van der Waals surface area contributed by atoms with Crippen LogP contribution in [0.5, 0.6) is 5.75 Å². The van der Waals surface area contributed by atoms with E-state index in [1.807, 2.05) is 48.5 Å². The van der Waals surface area contributed by atoms with Crippen LogP contribution in [0.4, 0.5) is 0 Å². The Kier molecular flexibility index (Phi) is 7.13. The van der Waals surface area contributed by atoms with Gasteiger partial charge in [0.2, 0.25) is 0 Å². The minimum absolute atomic E-state index is 0.324. The van der Waals surface area contributed by atoms with Crippen molar-refractivity contribution < 1.29 is 14.3 Å². The molecule has 4 rings (SSSR count). The zero-order valence-corrected chi connectivity index (χ0v) is 19.2. The van der Waals surface area contributed by atoms with Crippen molar-refractivity contribution in [2.45, 2.75) is 32.8 Å². The summed E-state index contributed by atoms with van der Waals surface area (Å²) in [6.07, 6.45) is 6.07. The fourth-order valence-corrected chi connectivity index (χ4v) is 4.33. The molecule has 6 heteroatoms. The van der Waals surface area contributed by atoms with Crippen LogP contribution < -0.4 is 4.74 Å². The lowest BCUT2D eigenvalue weighted by atomic mass is 9.96. The molecule has 1 heterocycles. The van der Waals surface area contributed by atoms with Gasteiger partial charge in [-0.05, 0) is 78.8 Å². The smallest absolute Gasteiger partial charge is 0.339 e. The second kappa shape index (κ2) is 10.2. The normalized spacial score (nSPS) is 13.3. The first-order valence-corrected chi connectivity index (χ1v) is 11.3. The fraction of sp³-hybridized carbons (Fsp3) is 0.231. The zero-order chi connectivity index (χ0) is 22.5. The number of allylic oxidation sites excluding steroid dienone is 2. The summed E-state index contributed by atoms with van der Waals surface area (Å²) < 4.78 is 11.3. The molecular formula is C26H23Cl2NO3. The van der Waals surface area contributed by atoms with Crippen LogP contribution in [0.25, 0.3) is 11.1 Å². The van der Waals surface area contributed by atoms with Crippen molar-refractivity contribution >= 4 is 40.3 Å². The van der Waals surface area contributed by atoms with Crippen LogP contribution in [-0.4, -0.2) is 17.6 Å². The number of hydrogen-bond donors (Lipinski definition) is 0. The number of rotatable bonds is 7. The van der Waals surface area contributed by atoms with E-state index in [1.165, 1.54) is 6.20 Å². The van der Waals surface area contributed by atoms with Gasteiger partial charge in [0.15, 0.2) is 0 Å². The molecule has 0 unspecified atom stereocenters. The largest absolute Gasteiger partial charge is 0.488 e. The van der Waals surface area contributed by atoms with Gasteiger partial charge in [-0.1, -0.05) is 41.4 Å². The fourth-order valence-electron chi connectivity index (χ4n) is 3.93. The number of carbonyl (C=O) groups is 1. The number of carbonyl (C=O) groups excluding carboxylic acids is 1. The molecule has 32 heavy (non-hydrogen) atoms. The number of ether oxygens (including phenoxy) is 2. The quantitative estimate of drug-likeness (QED) is 0.343. The van der Waals surface area contributed by atoms with Crippen LogP contribution in [0.15, 0.2) is 60.9 Å². The second-order valence-corrected chi connectivity index (χ2v) is 8.37. The van der Waals surface area contributed by atoms with Crippen molar-refractivity contribution in [3.8, 4) is 5.75 Å². The average Bonchev–Trinajstić information content (AvgIpc) is 3.28. The molecule has 0 spiro atoms. The van der Waals surface area contributed by atoms with E-state index in [-0.39, 0.29) is 5.97 Å².